The third kappa shape index (κ3) is 6.95. The standard InChI is InChI=1S/C6H6O8S2/c7-3(8)5(11)13-1-15-16-2-14-6(12)4(9)10/h1-2H2,(H,7,8)(H,9,10)/p-1. The maximum absolute atomic E-state index is 10.4. The van der Waals surface area contributed by atoms with Crippen LogP contribution in [0.1, 0.15) is 0 Å². The van der Waals surface area contributed by atoms with E-state index in [2.05, 4.69) is 9.47 Å². The third-order valence-corrected chi connectivity index (χ3v) is 2.57. The van der Waals surface area contributed by atoms with Crippen molar-refractivity contribution < 1.29 is 38.9 Å². The van der Waals surface area contributed by atoms with Gasteiger partial charge in [-0.1, -0.05) is 0 Å². The molecule has 0 heterocycles. The lowest BCUT2D eigenvalue weighted by atomic mass is 10.7. The van der Waals surface area contributed by atoms with E-state index in [4.69, 9.17) is 5.11 Å². The number of rotatable bonds is 5. The molecule has 0 aliphatic rings. The number of ether oxygens (including phenoxy) is 2. The maximum Gasteiger partial charge on any atom is 0.418 e. The van der Waals surface area contributed by atoms with Crippen molar-refractivity contribution in [2.24, 2.45) is 0 Å². The molecule has 8 nitrogen and oxygen atoms in total. The second kappa shape index (κ2) is 7.82. The normalized spacial score (nSPS) is 9.25. The van der Waals surface area contributed by atoms with Crippen molar-refractivity contribution >= 4 is 45.5 Å². The Labute approximate surface area is 96.7 Å². The molecule has 0 bridgehead atoms. The molecule has 16 heavy (non-hydrogen) atoms. The van der Waals surface area contributed by atoms with E-state index in [1.807, 2.05) is 0 Å². The van der Waals surface area contributed by atoms with Crippen molar-refractivity contribution in [2.45, 2.75) is 0 Å². The van der Waals surface area contributed by atoms with Crippen molar-refractivity contribution in [1.82, 2.24) is 0 Å². The van der Waals surface area contributed by atoms with Crippen molar-refractivity contribution in [3.8, 4) is 0 Å². The number of aliphatic carboxylic acids is 2. The van der Waals surface area contributed by atoms with Crippen molar-refractivity contribution in [3.05, 3.63) is 0 Å². The number of carbonyl (C=O) groups is 4. The van der Waals surface area contributed by atoms with Crippen LogP contribution in [-0.4, -0.2) is 40.9 Å². The molecular weight excluding hydrogens is 264 g/mol. The first-order valence-corrected chi connectivity index (χ1v) is 5.96. The molecule has 0 saturated carbocycles. The Kier molecular flexibility index (Phi) is 7.12. The molecule has 0 aliphatic carbocycles. The molecule has 0 amide bonds. The minimum absolute atomic E-state index is 0.265. The van der Waals surface area contributed by atoms with Gasteiger partial charge in [0, 0.05) is 0 Å². The van der Waals surface area contributed by atoms with E-state index in [1.165, 1.54) is 0 Å². The van der Waals surface area contributed by atoms with Gasteiger partial charge in [0.15, 0.2) is 5.97 Å². The van der Waals surface area contributed by atoms with Gasteiger partial charge in [0.25, 0.3) is 0 Å². The van der Waals surface area contributed by atoms with Crippen molar-refractivity contribution in [1.29, 1.82) is 0 Å². The van der Waals surface area contributed by atoms with Gasteiger partial charge >= 0.3 is 17.9 Å². The van der Waals surface area contributed by atoms with Crippen LogP contribution in [0.15, 0.2) is 0 Å². The van der Waals surface area contributed by atoms with E-state index >= 15 is 0 Å². The van der Waals surface area contributed by atoms with Crippen LogP contribution in [0, 0.1) is 0 Å². The molecule has 0 atom stereocenters. The van der Waals surface area contributed by atoms with E-state index in [-0.39, 0.29) is 11.9 Å². The van der Waals surface area contributed by atoms with Crippen LogP contribution in [0.3, 0.4) is 0 Å². The molecule has 0 aromatic heterocycles. The summed E-state index contributed by atoms with van der Waals surface area (Å²) in [7, 11) is 1.74. The van der Waals surface area contributed by atoms with Gasteiger partial charge in [0.1, 0.15) is 11.9 Å². The first-order chi connectivity index (χ1) is 7.45. The lowest BCUT2D eigenvalue weighted by Crippen LogP contribution is -2.33. The predicted octanol–water partition coefficient (Wildman–Crippen LogP) is -1.80. The zero-order chi connectivity index (χ0) is 12.6. The highest BCUT2D eigenvalue weighted by Gasteiger charge is 2.12. The summed E-state index contributed by atoms with van der Waals surface area (Å²) >= 11 is 0. The van der Waals surface area contributed by atoms with Crippen LogP contribution < -0.4 is 5.11 Å². The monoisotopic (exact) mass is 269 g/mol. The number of carbonyl (C=O) groups excluding carboxylic acids is 3. The van der Waals surface area contributed by atoms with E-state index in [1.54, 1.807) is 0 Å². The van der Waals surface area contributed by atoms with E-state index in [0.717, 1.165) is 21.6 Å². The lowest BCUT2D eigenvalue weighted by Gasteiger charge is -2.04. The Morgan fingerprint density at radius 3 is 1.81 bits per heavy atom. The van der Waals surface area contributed by atoms with Crippen LogP contribution >= 0.6 is 21.6 Å². The number of esters is 2. The molecule has 0 aromatic rings. The molecule has 0 rings (SSSR count). The molecule has 0 unspecified atom stereocenters. The molecule has 0 radical (unpaired) electrons. The molecule has 1 N–H and O–H groups in total. The van der Waals surface area contributed by atoms with Crippen LogP contribution in [0.25, 0.3) is 0 Å². The fourth-order valence-electron chi connectivity index (χ4n) is 0.344. The number of carboxylic acid groups (broad SMARTS) is 2. The van der Waals surface area contributed by atoms with E-state index in [0.29, 0.717) is 0 Å². The fraction of sp³-hybridized carbons (Fsp3) is 0.333. The molecule has 0 aliphatic heterocycles. The molecule has 0 fully saturated rings. The van der Waals surface area contributed by atoms with Gasteiger partial charge in [-0.2, -0.15) is 0 Å². The predicted molar refractivity (Wildman–Crippen MR) is 49.7 cm³/mol. The van der Waals surface area contributed by atoms with Gasteiger partial charge in [0.05, 0.1) is 0 Å². The summed E-state index contributed by atoms with van der Waals surface area (Å²) in [5, 5.41) is 17.9. The summed E-state index contributed by atoms with van der Waals surface area (Å²) in [6, 6.07) is 0. The Hall–Kier alpha value is -1.42. The zero-order valence-electron chi connectivity index (χ0n) is 7.54. The molecule has 0 aromatic carbocycles. The highest BCUT2D eigenvalue weighted by molar-refractivity contribution is 8.76. The van der Waals surface area contributed by atoms with Crippen LogP contribution in [-0.2, 0) is 28.7 Å². The Morgan fingerprint density at radius 2 is 1.44 bits per heavy atom. The summed E-state index contributed by atoms with van der Waals surface area (Å²) in [5.41, 5.74) is 0. The maximum atomic E-state index is 10.4. The first-order valence-electron chi connectivity index (χ1n) is 3.47. The molecule has 90 valence electrons. The lowest BCUT2D eigenvalue weighted by molar-refractivity contribution is -0.303. The second-order valence-electron chi connectivity index (χ2n) is 1.93. The Balaban J connectivity index is 3.41. The van der Waals surface area contributed by atoms with E-state index in [9.17, 15) is 24.3 Å². The average Bonchev–Trinajstić information content (AvgIpc) is 2.21. The summed E-state index contributed by atoms with van der Waals surface area (Å²) < 4.78 is 8.33. The first kappa shape index (κ1) is 14.6. The van der Waals surface area contributed by atoms with Crippen LogP contribution in [0.4, 0.5) is 0 Å². The zero-order valence-corrected chi connectivity index (χ0v) is 9.17. The van der Waals surface area contributed by atoms with Crippen LogP contribution in [0.5, 0.6) is 0 Å². The van der Waals surface area contributed by atoms with Gasteiger partial charge in [-0.15, -0.1) is 0 Å². The largest absolute Gasteiger partial charge is 0.539 e. The van der Waals surface area contributed by atoms with Gasteiger partial charge in [0.2, 0.25) is 0 Å². The Bertz CT molecular complexity index is 271. The Morgan fingerprint density at radius 1 is 1.00 bits per heavy atom. The topological polar surface area (TPSA) is 130 Å². The number of hydrogen-bond donors (Lipinski definition) is 1. The summed E-state index contributed by atoms with van der Waals surface area (Å²) in [5.74, 6) is -7.13. The summed E-state index contributed by atoms with van der Waals surface area (Å²) in [4.78, 5) is 40.5. The fourth-order valence-corrected chi connectivity index (χ4v) is 1.49. The molecule has 0 spiro atoms. The minimum Gasteiger partial charge on any atom is -0.539 e. The summed E-state index contributed by atoms with van der Waals surface area (Å²) in [6.07, 6.45) is 0. The van der Waals surface area contributed by atoms with Gasteiger partial charge in [-0.25, -0.2) is 14.4 Å². The highest BCUT2D eigenvalue weighted by Crippen LogP contribution is 2.20. The van der Waals surface area contributed by atoms with Crippen molar-refractivity contribution in [2.75, 3.05) is 11.9 Å². The SMILES string of the molecule is O=C([O-])C(=O)OCSSCOC(=O)C(=O)O. The van der Waals surface area contributed by atoms with E-state index < -0.39 is 23.9 Å². The van der Waals surface area contributed by atoms with Crippen LogP contribution in [0.2, 0.25) is 0 Å². The highest BCUT2D eigenvalue weighted by atomic mass is 33.1. The smallest absolute Gasteiger partial charge is 0.418 e. The average molecular weight is 269 g/mol. The number of hydrogen-bond acceptors (Lipinski definition) is 9. The van der Waals surface area contributed by atoms with Gasteiger partial charge in [-0.3, -0.25) is 0 Å². The second-order valence-corrected chi connectivity index (χ2v) is 4.28. The van der Waals surface area contributed by atoms with Gasteiger partial charge < -0.3 is 24.5 Å². The summed E-state index contributed by atoms with van der Waals surface area (Å²) in [6.45, 7) is 0. The molecule has 0 saturated heterocycles. The quantitative estimate of drug-likeness (QED) is 0.200. The van der Waals surface area contributed by atoms with Gasteiger partial charge in [-0.05, 0) is 21.6 Å². The van der Waals surface area contributed by atoms with Crippen molar-refractivity contribution in [3.63, 3.8) is 0 Å². The third-order valence-electron chi connectivity index (χ3n) is 0.901. The number of carboxylic acids is 2. The molecular formula is C6H5O8S2-. The molecule has 10 heteroatoms. The minimum atomic E-state index is -1.96.